The molecule has 0 saturated carbocycles. The van der Waals surface area contributed by atoms with Crippen LogP contribution in [0.5, 0.6) is 0 Å². The van der Waals surface area contributed by atoms with Crippen LogP contribution in [0.1, 0.15) is 5.69 Å². The van der Waals surface area contributed by atoms with Gasteiger partial charge >= 0.3 is 5.97 Å². The molecule has 1 aromatic carbocycles. The highest BCUT2D eigenvalue weighted by Gasteiger charge is 2.11. The number of hydrogen-bond acceptors (Lipinski definition) is 3. The molecule has 0 atom stereocenters. The normalized spacial score (nSPS) is 10.5. The van der Waals surface area contributed by atoms with Crippen LogP contribution in [0.25, 0.3) is 5.69 Å². The number of rotatable bonds is 3. The third kappa shape index (κ3) is 2.42. The minimum absolute atomic E-state index is 0.00588. The van der Waals surface area contributed by atoms with E-state index in [1.165, 1.54) is 29.1 Å². The van der Waals surface area contributed by atoms with Crippen LogP contribution < -0.4 is 0 Å². The number of benzene rings is 1. The molecule has 2 rings (SSSR count). The van der Waals surface area contributed by atoms with Crippen LogP contribution in [-0.2, 0) is 11.2 Å². The van der Waals surface area contributed by atoms with Gasteiger partial charge in [0.05, 0.1) is 29.0 Å². The molecule has 2 aromatic rings. The standard InChI is InChI=1S/C10H7ClFN3O2/c11-8-2-1-6(3-9(8)12)15-7(4-10(16)17)5-13-14-15/h1-3,5H,4H2,(H,16,17). The summed E-state index contributed by atoms with van der Waals surface area (Å²) in [5, 5.41) is 16.0. The number of hydrogen-bond donors (Lipinski definition) is 1. The molecule has 0 aliphatic heterocycles. The van der Waals surface area contributed by atoms with Crippen LogP contribution in [0, 0.1) is 5.82 Å². The molecule has 88 valence electrons. The fourth-order valence-corrected chi connectivity index (χ4v) is 1.48. The van der Waals surface area contributed by atoms with E-state index in [0.717, 1.165) is 0 Å². The predicted octanol–water partition coefficient (Wildman–Crippen LogP) is 1.69. The third-order valence-electron chi connectivity index (χ3n) is 2.10. The summed E-state index contributed by atoms with van der Waals surface area (Å²) in [6.45, 7) is 0. The maximum atomic E-state index is 13.3. The van der Waals surface area contributed by atoms with Gasteiger partial charge in [-0.05, 0) is 12.1 Å². The SMILES string of the molecule is O=C(O)Cc1cnnn1-c1ccc(Cl)c(F)c1. The Hall–Kier alpha value is -1.95. The first-order valence-electron chi connectivity index (χ1n) is 4.64. The Morgan fingerprint density at radius 3 is 2.94 bits per heavy atom. The molecular weight excluding hydrogens is 249 g/mol. The number of carboxylic acid groups (broad SMARTS) is 1. The second-order valence-electron chi connectivity index (χ2n) is 3.31. The van der Waals surface area contributed by atoms with E-state index < -0.39 is 11.8 Å². The van der Waals surface area contributed by atoms with Crippen molar-refractivity contribution < 1.29 is 14.3 Å². The second-order valence-corrected chi connectivity index (χ2v) is 3.71. The molecule has 0 aliphatic rings. The smallest absolute Gasteiger partial charge is 0.309 e. The van der Waals surface area contributed by atoms with E-state index in [2.05, 4.69) is 10.3 Å². The maximum absolute atomic E-state index is 13.3. The first-order valence-corrected chi connectivity index (χ1v) is 5.02. The summed E-state index contributed by atoms with van der Waals surface area (Å²) in [4.78, 5) is 10.6. The van der Waals surface area contributed by atoms with Crippen molar-refractivity contribution >= 4 is 17.6 Å². The van der Waals surface area contributed by atoms with Crippen molar-refractivity contribution in [2.75, 3.05) is 0 Å². The van der Waals surface area contributed by atoms with Crippen LogP contribution in [0.15, 0.2) is 24.4 Å². The van der Waals surface area contributed by atoms with Gasteiger partial charge in [0, 0.05) is 6.07 Å². The maximum Gasteiger partial charge on any atom is 0.309 e. The largest absolute Gasteiger partial charge is 0.481 e. The number of halogens is 2. The fraction of sp³-hybridized carbons (Fsp3) is 0.100. The molecule has 0 amide bonds. The highest BCUT2D eigenvalue weighted by atomic mass is 35.5. The van der Waals surface area contributed by atoms with Gasteiger partial charge in [0.2, 0.25) is 0 Å². The molecule has 1 aromatic heterocycles. The van der Waals surface area contributed by atoms with Crippen molar-refractivity contribution in [2.24, 2.45) is 0 Å². The van der Waals surface area contributed by atoms with Crippen LogP contribution in [0.3, 0.4) is 0 Å². The predicted molar refractivity (Wildman–Crippen MR) is 57.7 cm³/mol. The first-order chi connectivity index (χ1) is 8.08. The van der Waals surface area contributed by atoms with Crippen molar-refractivity contribution in [3.8, 4) is 5.69 Å². The zero-order valence-electron chi connectivity index (χ0n) is 8.47. The van der Waals surface area contributed by atoms with Crippen molar-refractivity contribution in [1.82, 2.24) is 15.0 Å². The zero-order valence-corrected chi connectivity index (χ0v) is 9.23. The molecule has 0 fully saturated rings. The monoisotopic (exact) mass is 255 g/mol. The average molecular weight is 256 g/mol. The molecule has 0 saturated heterocycles. The van der Waals surface area contributed by atoms with E-state index in [0.29, 0.717) is 11.4 Å². The summed E-state index contributed by atoms with van der Waals surface area (Å²) in [5.74, 6) is -1.61. The van der Waals surface area contributed by atoms with E-state index in [9.17, 15) is 9.18 Å². The molecule has 7 heteroatoms. The highest BCUT2D eigenvalue weighted by Crippen LogP contribution is 2.18. The van der Waals surface area contributed by atoms with Gasteiger partial charge in [-0.15, -0.1) is 5.10 Å². The fourth-order valence-electron chi connectivity index (χ4n) is 1.37. The van der Waals surface area contributed by atoms with Crippen molar-refractivity contribution in [3.63, 3.8) is 0 Å². The van der Waals surface area contributed by atoms with Crippen LogP contribution in [0.2, 0.25) is 5.02 Å². The Balaban J connectivity index is 2.42. The van der Waals surface area contributed by atoms with Gasteiger partial charge in [0.25, 0.3) is 0 Å². The van der Waals surface area contributed by atoms with Gasteiger partial charge in [0.1, 0.15) is 5.82 Å². The van der Waals surface area contributed by atoms with E-state index >= 15 is 0 Å². The number of aromatic nitrogens is 3. The zero-order chi connectivity index (χ0) is 12.4. The Morgan fingerprint density at radius 2 is 2.29 bits per heavy atom. The van der Waals surface area contributed by atoms with Crippen LogP contribution >= 0.6 is 11.6 Å². The molecule has 17 heavy (non-hydrogen) atoms. The molecule has 5 nitrogen and oxygen atoms in total. The molecular formula is C10H7ClFN3O2. The minimum Gasteiger partial charge on any atom is -0.481 e. The summed E-state index contributed by atoms with van der Waals surface area (Å²) in [5.41, 5.74) is 0.736. The molecule has 1 heterocycles. The van der Waals surface area contributed by atoms with Gasteiger partial charge in [-0.3, -0.25) is 4.79 Å². The van der Waals surface area contributed by atoms with E-state index in [4.69, 9.17) is 16.7 Å². The lowest BCUT2D eigenvalue weighted by molar-refractivity contribution is -0.136. The lowest BCUT2D eigenvalue weighted by atomic mass is 10.3. The van der Waals surface area contributed by atoms with Crippen molar-refractivity contribution in [3.05, 3.63) is 40.9 Å². The summed E-state index contributed by atoms with van der Waals surface area (Å²) in [7, 11) is 0. The van der Waals surface area contributed by atoms with Gasteiger partial charge in [-0.2, -0.15) is 0 Å². The Kier molecular flexibility index (Phi) is 3.06. The lowest BCUT2D eigenvalue weighted by Gasteiger charge is -2.05. The Bertz CT molecular complexity index is 570. The van der Waals surface area contributed by atoms with E-state index in [-0.39, 0.29) is 11.4 Å². The summed E-state index contributed by atoms with van der Waals surface area (Å²) in [6, 6.07) is 4.08. The number of carboxylic acids is 1. The Morgan fingerprint density at radius 1 is 1.53 bits per heavy atom. The molecule has 0 aliphatic carbocycles. The second kappa shape index (κ2) is 4.50. The number of carbonyl (C=O) groups is 1. The van der Waals surface area contributed by atoms with Gasteiger partial charge in [-0.1, -0.05) is 16.8 Å². The Labute approximate surface area is 100 Å². The van der Waals surface area contributed by atoms with Gasteiger partial charge in [0.15, 0.2) is 0 Å². The summed E-state index contributed by atoms with van der Waals surface area (Å²) in [6.07, 6.45) is 1.08. The average Bonchev–Trinajstić information content (AvgIpc) is 2.69. The topological polar surface area (TPSA) is 68.0 Å². The molecule has 0 spiro atoms. The molecule has 1 N–H and O–H groups in total. The summed E-state index contributed by atoms with van der Waals surface area (Å²) < 4.78 is 14.5. The first kappa shape index (κ1) is 11.5. The highest BCUT2D eigenvalue weighted by molar-refractivity contribution is 6.30. The quantitative estimate of drug-likeness (QED) is 0.906. The van der Waals surface area contributed by atoms with Gasteiger partial charge < -0.3 is 5.11 Å². The third-order valence-corrected chi connectivity index (χ3v) is 2.41. The molecule has 0 radical (unpaired) electrons. The molecule has 0 bridgehead atoms. The lowest BCUT2D eigenvalue weighted by Crippen LogP contribution is -2.08. The van der Waals surface area contributed by atoms with Crippen LogP contribution in [-0.4, -0.2) is 26.1 Å². The number of nitrogens with zero attached hydrogens (tertiary/aromatic N) is 3. The van der Waals surface area contributed by atoms with Crippen molar-refractivity contribution in [1.29, 1.82) is 0 Å². The van der Waals surface area contributed by atoms with Gasteiger partial charge in [-0.25, -0.2) is 9.07 Å². The van der Waals surface area contributed by atoms with Crippen LogP contribution in [0.4, 0.5) is 4.39 Å². The minimum atomic E-state index is -1.01. The number of aliphatic carboxylic acids is 1. The molecule has 0 unspecified atom stereocenters. The van der Waals surface area contributed by atoms with E-state index in [1.807, 2.05) is 0 Å². The summed E-state index contributed by atoms with van der Waals surface area (Å²) >= 11 is 5.55. The van der Waals surface area contributed by atoms with Crippen molar-refractivity contribution in [2.45, 2.75) is 6.42 Å². The van der Waals surface area contributed by atoms with E-state index in [1.54, 1.807) is 0 Å².